The van der Waals surface area contributed by atoms with Crippen molar-refractivity contribution >= 4 is 15.9 Å². The monoisotopic (exact) mass is 281 g/mol. The second-order valence-electron chi connectivity index (χ2n) is 3.32. The number of benzene rings is 1. The average molecular weight is 282 g/mol. The number of hydrogen-bond acceptors (Lipinski definition) is 3. The molecule has 0 aliphatic heterocycles. The van der Waals surface area contributed by atoms with Gasteiger partial charge in [0.05, 0.1) is 18.1 Å². The maximum atomic E-state index is 5.56. The van der Waals surface area contributed by atoms with Crippen LogP contribution >= 0.6 is 15.9 Å². The highest BCUT2D eigenvalue weighted by molar-refractivity contribution is 9.10. The maximum Gasteiger partial charge on any atom is 0.134 e. The van der Waals surface area contributed by atoms with Gasteiger partial charge in [-0.15, -0.1) is 0 Å². The summed E-state index contributed by atoms with van der Waals surface area (Å²) in [7, 11) is 1.64. The first-order chi connectivity index (χ1) is 7.74. The van der Waals surface area contributed by atoms with Gasteiger partial charge < -0.3 is 14.9 Å². The SMILES string of the molecule is COc1cc(-c2ccc(CN)o2)ccc1Br. The normalized spacial score (nSPS) is 10.4. The number of furan rings is 1. The average Bonchev–Trinajstić information content (AvgIpc) is 2.78. The minimum atomic E-state index is 0.410. The third-order valence-electron chi connectivity index (χ3n) is 2.30. The van der Waals surface area contributed by atoms with Crippen LogP contribution in [0.25, 0.3) is 11.3 Å². The van der Waals surface area contributed by atoms with E-state index in [4.69, 9.17) is 14.9 Å². The zero-order chi connectivity index (χ0) is 11.5. The van der Waals surface area contributed by atoms with Crippen LogP contribution in [0, 0.1) is 0 Å². The Morgan fingerprint density at radius 1 is 1.31 bits per heavy atom. The van der Waals surface area contributed by atoms with Crippen molar-refractivity contribution in [2.45, 2.75) is 6.54 Å². The Morgan fingerprint density at radius 2 is 2.12 bits per heavy atom. The Hall–Kier alpha value is -1.26. The van der Waals surface area contributed by atoms with Gasteiger partial charge in [0.1, 0.15) is 17.3 Å². The van der Waals surface area contributed by atoms with E-state index >= 15 is 0 Å². The highest BCUT2D eigenvalue weighted by Crippen LogP contribution is 2.31. The molecule has 0 saturated carbocycles. The summed E-state index contributed by atoms with van der Waals surface area (Å²) in [5.41, 5.74) is 6.47. The smallest absolute Gasteiger partial charge is 0.134 e. The van der Waals surface area contributed by atoms with Gasteiger partial charge in [0.2, 0.25) is 0 Å². The summed E-state index contributed by atoms with van der Waals surface area (Å²) in [5, 5.41) is 0. The molecule has 0 spiro atoms. The lowest BCUT2D eigenvalue weighted by atomic mass is 10.1. The zero-order valence-corrected chi connectivity index (χ0v) is 10.5. The van der Waals surface area contributed by atoms with Crippen LogP contribution in [0.3, 0.4) is 0 Å². The van der Waals surface area contributed by atoms with E-state index in [1.165, 1.54) is 0 Å². The third-order valence-corrected chi connectivity index (χ3v) is 2.95. The summed E-state index contributed by atoms with van der Waals surface area (Å²) in [6, 6.07) is 9.60. The van der Waals surface area contributed by atoms with Crippen molar-refractivity contribution in [3.05, 3.63) is 40.6 Å². The predicted molar refractivity (Wildman–Crippen MR) is 66.3 cm³/mol. The second kappa shape index (κ2) is 4.72. The molecule has 0 saturated heterocycles. The fourth-order valence-electron chi connectivity index (χ4n) is 1.46. The molecule has 1 aromatic carbocycles. The van der Waals surface area contributed by atoms with Crippen LogP contribution in [0.1, 0.15) is 5.76 Å². The lowest BCUT2D eigenvalue weighted by Crippen LogP contribution is -1.92. The quantitative estimate of drug-likeness (QED) is 0.940. The summed E-state index contributed by atoms with van der Waals surface area (Å²) in [4.78, 5) is 0. The van der Waals surface area contributed by atoms with E-state index in [0.717, 1.165) is 27.3 Å². The summed E-state index contributed by atoms with van der Waals surface area (Å²) < 4.78 is 11.7. The second-order valence-corrected chi connectivity index (χ2v) is 4.17. The Bertz CT molecular complexity index is 494. The van der Waals surface area contributed by atoms with Gasteiger partial charge in [0.25, 0.3) is 0 Å². The van der Waals surface area contributed by atoms with E-state index in [9.17, 15) is 0 Å². The van der Waals surface area contributed by atoms with Gasteiger partial charge in [-0.3, -0.25) is 0 Å². The first-order valence-electron chi connectivity index (χ1n) is 4.87. The fraction of sp³-hybridized carbons (Fsp3) is 0.167. The van der Waals surface area contributed by atoms with Crippen LogP contribution in [0.2, 0.25) is 0 Å². The van der Waals surface area contributed by atoms with E-state index in [1.54, 1.807) is 7.11 Å². The molecule has 0 amide bonds. The van der Waals surface area contributed by atoms with Crippen molar-refractivity contribution in [1.82, 2.24) is 0 Å². The van der Waals surface area contributed by atoms with Gasteiger partial charge in [-0.1, -0.05) is 0 Å². The third kappa shape index (κ3) is 2.13. The van der Waals surface area contributed by atoms with Crippen LogP contribution in [0.5, 0.6) is 5.75 Å². The van der Waals surface area contributed by atoms with Crippen molar-refractivity contribution in [2.24, 2.45) is 5.73 Å². The topological polar surface area (TPSA) is 48.4 Å². The van der Waals surface area contributed by atoms with Gasteiger partial charge in [-0.05, 0) is 46.3 Å². The van der Waals surface area contributed by atoms with Crippen molar-refractivity contribution in [2.75, 3.05) is 7.11 Å². The highest BCUT2D eigenvalue weighted by atomic mass is 79.9. The molecule has 3 nitrogen and oxygen atoms in total. The molecule has 0 bridgehead atoms. The molecule has 0 unspecified atom stereocenters. The van der Waals surface area contributed by atoms with Crippen LogP contribution in [-0.2, 0) is 6.54 Å². The number of ether oxygens (including phenoxy) is 1. The molecule has 4 heteroatoms. The molecular formula is C12H12BrNO2. The molecule has 1 heterocycles. The highest BCUT2D eigenvalue weighted by Gasteiger charge is 2.07. The van der Waals surface area contributed by atoms with Gasteiger partial charge >= 0.3 is 0 Å². The van der Waals surface area contributed by atoms with Crippen molar-refractivity contribution in [3.8, 4) is 17.1 Å². The molecule has 2 rings (SSSR count). The van der Waals surface area contributed by atoms with Crippen molar-refractivity contribution in [3.63, 3.8) is 0 Å². The Morgan fingerprint density at radius 3 is 2.75 bits per heavy atom. The molecule has 16 heavy (non-hydrogen) atoms. The van der Waals surface area contributed by atoms with Crippen LogP contribution in [-0.4, -0.2) is 7.11 Å². The largest absolute Gasteiger partial charge is 0.496 e. The molecule has 0 aliphatic carbocycles. The predicted octanol–water partition coefficient (Wildman–Crippen LogP) is 3.18. The number of halogens is 1. The molecule has 0 fully saturated rings. The number of nitrogens with two attached hydrogens (primary N) is 1. The van der Waals surface area contributed by atoms with Gasteiger partial charge in [0, 0.05) is 5.56 Å². The molecule has 0 atom stereocenters. The van der Waals surface area contributed by atoms with E-state index in [0.29, 0.717) is 6.54 Å². The lowest BCUT2D eigenvalue weighted by molar-refractivity contribution is 0.412. The van der Waals surface area contributed by atoms with Gasteiger partial charge in [0.15, 0.2) is 0 Å². The summed E-state index contributed by atoms with van der Waals surface area (Å²) in [6.07, 6.45) is 0. The fourth-order valence-corrected chi connectivity index (χ4v) is 1.86. The number of rotatable bonds is 3. The standard InChI is InChI=1S/C12H12BrNO2/c1-15-12-6-8(2-4-10(12)13)11-5-3-9(7-14)16-11/h2-6H,7,14H2,1H3. The number of methoxy groups -OCH3 is 1. The Balaban J connectivity index is 2.40. The van der Waals surface area contributed by atoms with Gasteiger partial charge in [-0.2, -0.15) is 0 Å². The first-order valence-corrected chi connectivity index (χ1v) is 5.66. The van der Waals surface area contributed by atoms with Crippen LogP contribution in [0.15, 0.2) is 39.2 Å². The van der Waals surface area contributed by atoms with Crippen molar-refractivity contribution in [1.29, 1.82) is 0 Å². The Labute approximate surface area is 102 Å². The number of hydrogen-bond donors (Lipinski definition) is 1. The van der Waals surface area contributed by atoms with E-state index in [-0.39, 0.29) is 0 Å². The van der Waals surface area contributed by atoms with Crippen LogP contribution < -0.4 is 10.5 Å². The lowest BCUT2D eigenvalue weighted by Gasteiger charge is -2.04. The molecule has 2 N–H and O–H groups in total. The molecule has 0 radical (unpaired) electrons. The van der Waals surface area contributed by atoms with E-state index in [1.807, 2.05) is 30.3 Å². The maximum absolute atomic E-state index is 5.56. The Kier molecular flexibility index (Phi) is 3.31. The first kappa shape index (κ1) is 11.2. The van der Waals surface area contributed by atoms with Crippen LogP contribution in [0.4, 0.5) is 0 Å². The molecule has 1 aromatic heterocycles. The minimum absolute atomic E-state index is 0.410. The molecule has 84 valence electrons. The van der Waals surface area contributed by atoms with E-state index < -0.39 is 0 Å². The molecule has 0 aliphatic rings. The van der Waals surface area contributed by atoms with Gasteiger partial charge in [-0.25, -0.2) is 0 Å². The van der Waals surface area contributed by atoms with Crippen molar-refractivity contribution < 1.29 is 9.15 Å². The summed E-state index contributed by atoms with van der Waals surface area (Å²) >= 11 is 3.41. The zero-order valence-electron chi connectivity index (χ0n) is 8.87. The summed E-state index contributed by atoms with van der Waals surface area (Å²) in [6.45, 7) is 0.410. The summed E-state index contributed by atoms with van der Waals surface area (Å²) in [5.74, 6) is 2.35. The molecular weight excluding hydrogens is 270 g/mol. The molecule has 2 aromatic rings. The van der Waals surface area contributed by atoms with E-state index in [2.05, 4.69) is 15.9 Å². The minimum Gasteiger partial charge on any atom is -0.496 e.